The molecule has 1 atom stereocenters. The molecule has 0 amide bonds. The summed E-state index contributed by atoms with van der Waals surface area (Å²) >= 11 is 0. The minimum Gasteiger partial charge on any atom is -0.473 e. The van der Waals surface area contributed by atoms with Gasteiger partial charge in [-0.15, -0.1) is 0 Å². The standard InChI is InChI=1S/C10H14O/c1-10-5-3-2-4-9(10)8-11-7-6-10/h6-8H,2-5H2,1H3. The maximum Gasteiger partial charge on any atom is 0.0901 e. The van der Waals surface area contributed by atoms with Crippen LogP contribution in [0.25, 0.3) is 0 Å². The van der Waals surface area contributed by atoms with Gasteiger partial charge in [-0.1, -0.05) is 13.3 Å². The van der Waals surface area contributed by atoms with Crippen molar-refractivity contribution in [3.63, 3.8) is 0 Å². The van der Waals surface area contributed by atoms with E-state index < -0.39 is 0 Å². The normalized spacial score (nSPS) is 35.5. The van der Waals surface area contributed by atoms with E-state index in [-0.39, 0.29) is 0 Å². The van der Waals surface area contributed by atoms with Crippen molar-refractivity contribution in [3.05, 3.63) is 24.2 Å². The molecular weight excluding hydrogens is 136 g/mol. The Bertz CT molecular complexity index is 215. The first-order chi connectivity index (χ1) is 5.31. The number of hydrogen-bond acceptors (Lipinski definition) is 1. The topological polar surface area (TPSA) is 9.23 Å². The van der Waals surface area contributed by atoms with Crippen molar-refractivity contribution in [1.29, 1.82) is 0 Å². The predicted molar refractivity (Wildman–Crippen MR) is 44.9 cm³/mol. The van der Waals surface area contributed by atoms with Crippen LogP contribution in [-0.2, 0) is 4.74 Å². The highest BCUT2D eigenvalue weighted by molar-refractivity contribution is 5.23. The molecule has 0 bridgehead atoms. The molecule has 1 unspecified atom stereocenters. The summed E-state index contributed by atoms with van der Waals surface area (Å²) in [7, 11) is 0. The number of allylic oxidation sites excluding steroid dienone is 2. The third kappa shape index (κ3) is 1.09. The Hall–Kier alpha value is -0.720. The fourth-order valence-electron chi connectivity index (χ4n) is 1.95. The largest absolute Gasteiger partial charge is 0.473 e. The Labute approximate surface area is 67.7 Å². The average Bonchev–Trinajstić information content (AvgIpc) is 2.03. The minimum atomic E-state index is 0.330. The monoisotopic (exact) mass is 150 g/mol. The average molecular weight is 150 g/mol. The van der Waals surface area contributed by atoms with Crippen molar-refractivity contribution in [2.45, 2.75) is 32.6 Å². The summed E-state index contributed by atoms with van der Waals surface area (Å²) in [6, 6.07) is 0. The van der Waals surface area contributed by atoms with Gasteiger partial charge in [-0.3, -0.25) is 0 Å². The summed E-state index contributed by atoms with van der Waals surface area (Å²) in [5.41, 5.74) is 1.81. The van der Waals surface area contributed by atoms with Crippen molar-refractivity contribution in [1.82, 2.24) is 0 Å². The smallest absolute Gasteiger partial charge is 0.0901 e. The molecule has 1 aliphatic carbocycles. The molecule has 1 saturated carbocycles. The minimum absolute atomic E-state index is 0.330. The first-order valence-corrected chi connectivity index (χ1v) is 4.34. The summed E-state index contributed by atoms with van der Waals surface area (Å²) < 4.78 is 5.16. The second kappa shape index (κ2) is 2.40. The first kappa shape index (κ1) is 6.96. The van der Waals surface area contributed by atoms with Crippen molar-refractivity contribution in [2.24, 2.45) is 5.41 Å². The van der Waals surface area contributed by atoms with Crippen molar-refractivity contribution >= 4 is 0 Å². The van der Waals surface area contributed by atoms with E-state index in [0.29, 0.717) is 5.41 Å². The maximum absolute atomic E-state index is 5.16. The Morgan fingerprint density at radius 2 is 2.36 bits per heavy atom. The fraction of sp³-hybridized carbons (Fsp3) is 0.600. The van der Waals surface area contributed by atoms with E-state index in [1.54, 1.807) is 0 Å². The number of hydrogen-bond donors (Lipinski definition) is 0. The summed E-state index contributed by atoms with van der Waals surface area (Å²) in [6.45, 7) is 2.30. The lowest BCUT2D eigenvalue weighted by atomic mass is 9.72. The molecule has 0 spiro atoms. The lowest BCUT2D eigenvalue weighted by Gasteiger charge is -2.34. The van der Waals surface area contributed by atoms with Crippen LogP contribution in [0.2, 0.25) is 0 Å². The molecule has 0 N–H and O–H groups in total. The van der Waals surface area contributed by atoms with Crippen molar-refractivity contribution in [2.75, 3.05) is 0 Å². The molecule has 2 aliphatic rings. The summed E-state index contributed by atoms with van der Waals surface area (Å²) in [6.07, 6.45) is 11.1. The van der Waals surface area contributed by atoms with Gasteiger partial charge in [-0.2, -0.15) is 0 Å². The van der Waals surface area contributed by atoms with Crippen LogP contribution < -0.4 is 0 Å². The number of rotatable bonds is 0. The van der Waals surface area contributed by atoms with Gasteiger partial charge in [-0.05, 0) is 30.9 Å². The van der Waals surface area contributed by atoms with Gasteiger partial charge in [0.2, 0.25) is 0 Å². The van der Waals surface area contributed by atoms with Crippen LogP contribution in [-0.4, -0.2) is 0 Å². The molecule has 0 radical (unpaired) electrons. The molecule has 0 aromatic heterocycles. The van der Waals surface area contributed by atoms with E-state index in [0.717, 1.165) is 0 Å². The third-order valence-electron chi connectivity index (χ3n) is 2.85. The van der Waals surface area contributed by atoms with Crippen LogP contribution in [0.1, 0.15) is 32.6 Å². The second-order valence-electron chi connectivity index (χ2n) is 3.71. The summed E-state index contributed by atoms with van der Waals surface area (Å²) in [5.74, 6) is 0. The van der Waals surface area contributed by atoms with Crippen molar-refractivity contribution in [3.8, 4) is 0 Å². The zero-order chi connectivity index (χ0) is 7.73. The summed E-state index contributed by atoms with van der Waals surface area (Å²) in [5, 5.41) is 0. The van der Waals surface area contributed by atoms with Crippen LogP contribution in [0, 0.1) is 5.41 Å². The molecule has 1 aliphatic heterocycles. The molecule has 0 aromatic rings. The maximum atomic E-state index is 5.16. The zero-order valence-corrected chi connectivity index (χ0v) is 6.97. The number of fused-ring (bicyclic) bond motifs is 1. The van der Waals surface area contributed by atoms with E-state index in [4.69, 9.17) is 4.74 Å². The van der Waals surface area contributed by atoms with Gasteiger partial charge in [0.25, 0.3) is 0 Å². The van der Waals surface area contributed by atoms with E-state index in [1.165, 1.54) is 31.3 Å². The molecule has 0 aromatic carbocycles. The molecule has 2 rings (SSSR count). The van der Waals surface area contributed by atoms with Gasteiger partial charge in [0, 0.05) is 5.41 Å². The van der Waals surface area contributed by atoms with Gasteiger partial charge in [0.05, 0.1) is 12.5 Å². The summed E-state index contributed by atoms with van der Waals surface area (Å²) in [4.78, 5) is 0. The van der Waals surface area contributed by atoms with Crippen LogP contribution in [0.3, 0.4) is 0 Å². The third-order valence-corrected chi connectivity index (χ3v) is 2.85. The Morgan fingerprint density at radius 1 is 1.45 bits per heavy atom. The zero-order valence-electron chi connectivity index (χ0n) is 6.97. The SMILES string of the molecule is CC12C=COC=C1CCCC2. The van der Waals surface area contributed by atoms with E-state index in [1.807, 2.05) is 12.5 Å². The van der Waals surface area contributed by atoms with E-state index in [2.05, 4.69) is 13.0 Å². The molecule has 0 saturated heterocycles. The van der Waals surface area contributed by atoms with E-state index in [9.17, 15) is 0 Å². The molecule has 11 heavy (non-hydrogen) atoms. The molecule has 1 nitrogen and oxygen atoms in total. The molecular formula is C10H14O. The van der Waals surface area contributed by atoms with Gasteiger partial charge < -0.3 is 4.74 Å². The van der Waals surface area contributed by atoms with Gasteiger partial charge in [0.1, 0.15) is 0 Å². The van der Waals surface area contributed by atoms with Crippen LogP contribution in [0.5, 0.6) is 0 Å². The molecule has 1 fully saturated rings. The first-order valence-electron chi connectivity index (χ1n) is 4.34. The lowest BCUT2D eigenvalue weighted by Crippen LogP contribution is -2.22. The van der Waals surface area contributed by atoms with Gasteiger partial charge in [0.15, 0.2) is 0 Å². The highest BCUT2D eigenvalue weighted by Gasteiger charge is 2.30. The Balaban J connectivity index is 2.27. The quantitative estimate of drug-likeness (QED) is 0.515. The molecule has 60 valence electrons. The predicted octanol–water partition coefficient (Wildman–Crippen LogP) is 2.99. The Kier molecular flexibility index (Phi) is 1.52. The fourth-order valence-corrected chi connectivity index (χ4v) is 1.95. The van der Waals surface area contributed by atoms with Gasteiger partial charge in [-0.25, -0.2) is 0 Å². The van der Waals surface area contributed by atoms with E-state index >= 15 is 0 Å². The number of ether oxygens (including phenoxy) is 1. The molecule has 1 heteroatoms. The highest BCUT2D eigenvalue weighted by atomic mass is 16.5. The van der Waals surface area contributed by atoms with Crippen LogP contribution in [0.15, 0.2) is 24.2 Å². The highest BCUT2D eigenvalue weighted by Crippen LogP contribution is 2.43. The second-order valence-corrected chi connectivity index (χ2v) is 3.71. The molecule has 1 heterocycles. The van der Waals surface area contributed by atoms with Crippen LogP contribution >= 0.6 is 0 Å². The van der Waals surface area contributed by atoms with Gasteiger partial charge >= 0.3 is 0 Å². The van der Waals surface area contributed by atoms with Crippen molar-refractivity contribution < 1.29 is 4.74 Å². The Morgan fingerprint density at radius 3 is 3.18 bits per heavy atom. The lowest BCUT2D eigenvalue weighted by molar-refractivity contribution is 0.300. The van der Waals surface area contributed by atoms with Crippen LogP contribution in [0.4, 0.5) is 0 Å².